The van der Waals surface area contributed by atoms with E-state index >= 15 is 0 Å². The Morgan fingerprint density at radius 2 is 2.17 bits per heavy atom. The van der Waals surface area contributed by atoms with E-state index in [2.05, 4.69) is 17.1 Å². The van der Waals surface area contributed by atoms with Gasteiger partial charge < -0.3 is 15.3 Å². The van der Waals surface area contributed by atoms with Crippen molar-refractivity contribution in [2.75, 3.05) is 26.2 Å². The van der Waals surface area contributed by atoms with Crippen LogP contribution in [0.3, 0.4) is 0 Å². The van der Waals surface area contributed by atoms with E-state index < -0.39 is 0 Å². The van der Waals surface area contributed by atoms with Crippen LogP contribution in [0.5, 0.6) is 0 Å². The summed E-state index contributed by atoms with van der Waals surface area (Å²) in [5.41, 5.74) is 0. The predicted molar refractivity (Wildman–Crippen MR) is 73.4 cm³/mol. The number of carbonyl (C=O) groups excluding carboxylic acids is 1. The van der Waals surface area contributed by atoms with Gasteiger partial charge in [-0.1, -0.05) is 13.3 Å². The Bertz CT molecular complexity index is 230. The molecule has 0 spiro atoms. The van der Waals surface area contributed by atoms with Crippen LogP contribution in [-0.4, -0.2) is 48.2 Å². The van der Waals surface area contributed by atoms with E-state index in [0.29, 0.717) is 5.92 Å². The molecule has 1 fully saturated rings. The van der Waals surface area contributed by atoms with Gasteiger partial charge in [0.15, 0.2) is 0 Å². The number of nitrogens with one attached hydrogen (secondary N) is 1. The van der Waals surface area contributed by atoms with E-state index in [4.69, 9.17) is 5.11 Å². The fraction of sp³-hybridized carbons (Fsp3) is 0.929. The smallest absolute Gasteiger partial charge is 0.217 e. The number of hydrogen-bond donors (Lipinski definition) is 2. The van der Waals surface area contributed by atoms with Crippen molar-refractivity contribution in [1.82, 2.24) is 10.2 Å². The second-order valence-electron chi connectivity index (χ2n) is 5.48. The molecule has 1 saturated heterocycles. The van der Waals surface area contributed by atoms with Crippen LogP contribution in [0.25, 0.3) is 0 Å². The molecule has 1 amide bonds. The van der Waals surface area contributed by atoms with Crippen molar-refractivity contribution in [3.63, 3.8) is 0 Å². The molecule has 4 heteroatoms. The lowest BCUT2D eigenvalue weighted by atomic mass is 9.90. The SMILES string of the molecule is CCCCN1CC(CCCO)CC(NC(C)=O)C1. The van der Waals surface area contributed by atoms with Gasteiger partial charge in [0.05, 0.1) is 0 Å². The number of unbranched alkanes of at least 4 members (excludes halogenated alkanes) is 1. The van der Waals surface area contributed by atoms with Crippen molar-refractivity contribution in [3.8, 4) is 0 Å². The molecule has 2 atom stereocenters. The summed E-state index contributed by atoms with van der Waals surface area (Å²) in [5.74, 6) is 0.679. The van der Waals surface area contributed by atoms with E-state index in [0.717, 1.165) is 38.9 Å². The van der Waals surface area contributed by atoms with Gasteiger partial charge in [-0.25, -0.2) is 0 Å². The molecule has 4 nitrogen and oxygen atoms in total. The number of aliphatic hydroxyl groups excluding tert-OH is 1. The van der Waals surface area contributed by atoms with Gasteiger partial charge in [-0.15, -0.1) is 0 Å². The molecular formula is C14H28N2O2. The molecule has 0 bridgehead atoms. The maximum atomic E-state index is 11.2. The molecule has 0 radical (unpaired) electrons. The molecule has 18 heavy (non-hydrogen) atoms. The molecule has 0 aromatic rings. The Morgan fingerprint density at radius 3 is 2.78 bits per heavy atom. The Morgan fingerprint density at radius 1 is 1.39 bits per heavy atom. The Kier molecular flexibility index (Phi) is 7.28. The lowest BCUT2D eigenvalue weighted by molar-refractivity contribution is -0.120. The normalized spacial score (nSPS) is 25.1. The summed E-state index contributed by atoms with van der Waals surface area (Å²) in [6.07, 6.45) is 5.43. The van der Waals surface area contributed by atoms with Crippen molar-refractivity contribution in [3.05, 3.63) is 0 Å². The van der Waals surface area contributed by atoms with Gasteiger partial charge in [-0.3, -0.25) is 4.79 Å². The molecule has 0 saturated carbocycles. The van der Waals surface area contributed by atoms with Crippen molar-refractivity contribution in [1.29, 1.82) is 0 Å². The standard InChI is InChI=1S/C14H28N2O2/c1-3-4-7-16-10-13(6-5-8-17)9-14(11-16)15-12(2)18/h13-14,17H,3-11H2,1-2H3,(H,15,18). The lowest BCUT2D eigenvalue weighted by Crippen LogP contribution is -2.50. The van der Waals surface area contributed by atoms with Crippen molar-refractivity contribution >= 4 is 5.91 Å². The Balaban J connectivity index is 2.45. The van der Waals surface area contributed by atoms with Gasteiger partial charge in [-0.05, 0) is 38.1 Å². The van der Waals surface area contributed by atoms with Crippen LogP contribution in [0.15, 0.2) is 0 Å². The van der Waals surface area contributed by atoms with Gasteiger partial charge in [0, 0.05) is 32.7 Å². The average molecular weight is 256 g/mol. The van der Waals surface area contributed by atoms with E-state index in [1.54, 1.807) is 6.92 Å². The quantitative estimate of drug-likeness (QED) is 0.723. The van der Waals surface area contributed by atoms with E-state index in [-0.39, 0.29) is 18.6 Å². The molecule has 1 aliphatic heterocycles. The van der Waals surface area contributed by atoms with Crippen LogP contribution < -0.4 is 5.32 Å². The van der Waals surface area contributed by atoms with Gasteiger partial charge in [0.2, 0.25) is 5.91 Å². The molecule has 2 N–H and O–H groups in total. The number of piperidine rings is 1. The third-order valence-electron chi connectivity index (χ3n) is 3.62. The summed E-state index contributed by atoms with van der Waals surface area (Å²) < 4.78 is 0. The van der Waals surface area contributed by atoms with Gasteiger partial charge in [0.25, 0.3) is 0 Å². The number of aliphatic hydroxyl groups is 1. The van der Waals surface area contributed by atoms with E-state index in [1.165, 1.54) is 12.8 Å². The monoisotopic (exact) mass is 256 g/mol. The lowest BCUT2D eigenvalue weighted by Gasteiger charge is -2.38. The fourth-order valence-electron chi connectivity index (χ4n) is 2.85. The summed E-state index contributed by atoms with van der Waals surface area (Å²) in [4.78, 5) is 13.7. The largest absolute Gasteiger partial charge is 0.396 e. The highest BCUT2D eigenvalue weighted by Gasteiger charge is 2.26. The van der Waals surface area contributed by atoms with Crippen LogP contribution in [0.2, 0.25) is 0 Å². The van der Waals surface area contributed by atoms with Gasteiger partial charge in [0.1, 0.15) is 0 Å². The van der Waals surface area contributed by atoms with Crippen LogP contribution in [0.1, 0.15) is 46.0 Å². The van der Waals surface area contributed by atoms with Crippen molar-refractivity contribution < 1.29 is 9.90 Å². The summed E-state index contributed by atoms with van der Waals surface area (Å²) in [6, 6.07) is 0.289. The van der Waals surface area contributed by atoms with Gasteiger partial charge >= 0.3 is 0 Å². The Hall–Kier alpha value is -0.610. The average Bonchev–Trinajstić information content (AvgIpc) is 2.33. The zero-order chi connectivity index (χ0) is 13.4. The highest BCUT2D eigenvalue weighted by atomic mass is 16.2. The summed E-state index contributed by atoms with van der Waals surface area (Å²) >= 11 is 0. The molecule has 1 aliphatic rings. The van der Waals surface area contributed by atoms with E-state index in [9.17, 15) is 4.79 Å². The number of amides is 1. The fourth-order valence-corrected chi connectivity index (χ4v) is 2.85. The van der Waals surface area contributed by atoms with Crippen LogP contribution in [-0.2, 0) is 4.79 Å². The number of rotatable bonds is 7. The molecule has 0 aromatic heterocycles. The molecular weight excluding hydrogens is 228 g/mol. The first-order valence-corrected chi connectivity index (χ1v) is 7.26. The van der Waals surface area contributed by atoms with Crippen molar-refractivity contribution in [2.45, 2.75) is 52.0 Å². The summed E-state index contributed by atoms with van der Waals surface area (Å²) in [5, 5.41) is 12.0. The highest BCUT2D eigenvalue weighted by molar-refractivity contribution is 5.73. The van der Waals surface area contributed by atoms with Crippen molar-refractivity contribution in [2.24, 2.45) is 5.92 Å². The maximum absolute atomic E-state index is 11.2. The summed E-state index contributed by atoms with van der Waals surface area (Å²) in [7, 11) is 0. The van der Waals surface area contributed by atoms with Gasteiger partial charge in [-0.2, -0.15) is 0 Å². The third-order valence-corrected chi connectivity index (χ3v) is 3.62. The molecule has 1 rings (SSSR count). The van der Waals surface area contributed by atoms with Crippen LogP contribution in [0.4, 0.5) is 0 Å². The minimum atomic E-state index is 0.0678. The summed E-state index contributed by atoms with van der Waals surface area (Å²) in [6.45, 7) is 7.30. The topological polar surface area (TPSA) is 52.6 Å². The molecule has 0 aliphatic carbocycles. The molecule has 1 heterocycles. The van der Waals surface area contributed by atoms with Crippen LogP contribution in [0, 0.1) is 5.92 Å². The first-order chi connectivity index (χ1) is 8.65. The number of likely N-dealkylation sites (tertiary alicyclic amines) is 1. The maximum Gasteiger partial charge on any atom is 0.217 e. The zero-order valence-corrected chi connectivity index (χ0v) is 11.8. The highest BCUT2D eigenvalue weighted by Crippen LogP contribution is 2.21. The van der Waals surface area contributed by atoms with E-state index in [1.807, 2.05) is 0 Å². The minimum Gasteiger partial charge on any atom is -0.396 e. The third kappa shape index (κ3) is 5.83. The number of nitrogens with zero attached hydrogens (tertiary/aromatic N) is 1. The molecule has 106 valence electrons. The zero-order valence-electron chi connectivity index (χ0n) is 11.8. The Labute approximate surface area is 111 Å². The van der Waals surface area contributed by atoms with Crippen LogP contribution >= 0.6 is 0 Å². The molecule has 2 unspecified atom stereocenters. The predicted octanol–water partition coefficient (Wildman–Crippen LogP) is 1.39. The first-order valence-electron chi connectivity index (χ1n) is 7.26. The number of carbonyl (C=O) groups is 1. The first kappa shape index (κ1) is 15.4. The number of hydrogen-bond acceptors (Lipinski definition) is 3. The molecule has 0 aromatic carbocycles. The minimum absolute atomic E-state index is 0.0678. The second-order valence-corrected chi connectivity index (χ2v) is 5.48. The second kappa shape index (κ2) is 8.48.